The maximum absolute atomic E-state index is 11.9. The van der Waals surface area contributed by atoms with Crippen LogP contribution in [-0.2, 0) is 0 Å². The minimum absolute atomic E-state index is 0.116. The number of likely N-dealkylation sites (N-methyl/N-ethyl adjacent to an activating group) is 1. The lowest BCUT2D eigenvalue weighted by Crippen LogP contribution is -2.41. The molecule has 1 saturated heterocycles. The van der Waals surface area contributed by atoms with Gasteiger partial charge in [-0.1, -0.05) is 35.6 Å². The van der Waals surface area contributed by atoms with Crippen molar-refractivity contribution in [2.75, 3.05) is 33.2 Å². The van der Waals surface area contributed by atoms with Crippen LogP contribution in [0.3, 0.4) is 0 Å². The Balaban J connectivity index is 1.48. The molecule has 2 aliphatic heterocycles. The Morgan fingerprint density at radius 2 is 1.80 bits per heavy atom. The molecule has 2 aliphatic rings. The van der Waals surface area contributed by atoms with Crippen molar-refractivity contribution >= 4 is 17.4 Å². The molecule has 1 unspecified atom stereocenters. The highest BCUT2D eigenvalue weighted by Gasteiger charge is 2.33. The fourth-order valence-corrected chi connectivity index (χ4v) is 3.62. The topological polar surface area (TPSA) is 110 Å². The summed E-state index contributed by atoms with van der Waals surface area (Å²) in [6, 6.07) is 13.4. The summed E-state index contributed by atoms with van der Waals surface area (Å²) in [7, 11) is 2.10. The monoisotopic (exact) mass is 407 g/mol. The quantitative estimate of drug-likeness (QED) is 0.759. The molecule has 9 nitrogen and oxygen atoms in total. The van der Waals surface area contributed by atoms with E-state index >= 15 is 0 Å². The van der Waals surface area contributed by atoms with Crippen molar-refractivity contribution in [3.05, 3.63) is 59.7 Å². The number of carbonyl (C=O) groups excluding carboxylic acids is 1. The second-order valence-electron chi connectivity index (χ2n) is 7.50. The maximum atomic E-state index is 11.9. The Kier molecular flexibility index (Phi) is 5.62. The number of rotatable bonds is 4. The second-order valence-corrected chi connectivity index (χ2v) is 7.50. The van der Waals surface area contributed by atoms with Crippen molar-refractivity contribution in [1.82, 2.24) is 14.9 Å². The summed E-state index contributed by atoms with van der Waals surface area (Å²) in [6.45, 7) is 3.69. The fourth-order valence-electron chi connectivity index (χ4n) is 3.62. The molecular formula is C21H25N7O2. The number of primary amides is 1. The molecule has 0 spiro atoms. The molecular weight excluding hydrogens is 382 g/mol. The number of amides is 2. The minimum atomic E-state index is -0.657. The third-order valence-corrected chi connectivity index (χ3v) is 5.40. The van der Waals surface area contributed by atoms with Crippen LogP contribution >= 0.6 is 0 Å². The smallest absolute Gasteiger partial charge is 0.335 e. The molecule has 0 bridgehead atoms. The van der Waals surface area contributed by atoms with Gasteiger partial charge in [0.25, 0.3) is 0 Å². The molecule has 156 valence electrons. The van der Waals surface area contributed by atoms with Gasteiger partial charge >= 0.3 is 6.03 Å². The van der Waals surface area contributed by atoms with Crippen LogP contribution in [-0.4, -0.2) is 65.0 Å². The number of carbonyl (C=O) groups is 1. The van der Waals surface area contributed by atoms with Crippen LogP contribution in [0.4, 0.5) is 10.5 Å². The zero-order valence-electron chi connectivity index (χ0n) is 16.8. The van der Waals surface area contributed by atoms with E-state index in [0.29, 0.717) is 12.0 Å². The lowest BCUT2D eigenvalue weighted by molar-refractivity contribution is 0.150. The number of para-hydroxylation sites is 1. The molecule has 2 aromatic carbocycles. The Morgan fingerprint density at radius 1 is 1.10 bits per heavy atom. The zero-order valence-corrected chi connectivity index (χ0v) is 16.8. The van der Waals surface area contributed by atoms with Crippen LogP contribution in [0, 0.1) is 0 Å². The number of urea groups is 1. The normalized spacial score (nSPS) is 20.0. The predicted octanol–water partition coefficient (Wildman–Crippen LogP) is 2.87. The summed E-state index contributed by atoms with van der Waals surface area (Å²) in [5, 5.41) is 26.4. The number of hydrogen-bond acceptors (Lipinski definition) is 6. The molecule has 3 N–H and O–H groups in total. The summed E-state index contributed by atoms with van der Waals surface area (Å²) in [5.41, 5.74) is 8.49. The highest BCUT2D eigenvalue weighted by atomic mass is 16.3. The minimum Gasteiger partial charge on any atom is -0.508 e. The maximum Gasteiger partial charge on any atom is 0.335 e. The van der Waals surface area contributed by atoms with Gasteiger partial charge in [-0.2, -0.15) is 5.10 Å². The molecule has 2 aromatic rings. The number of phenols is 1. The van der Waals surface area contributed by atoms with Crippen LogP contribution < -0.4 is 5.73 Å². The number of phenolic OH excluding ortho intramolecular Hbond substituents is 1. The number of piperazine rings is 1. The van der Waals surface area contributed by atoms with Crippen LogP contribution in [0.1, 0.15) is 23.6 Å². The molecule has 4 rings (SSSR count). The van der Waals surface area contributed by atoms with E-state index in [-0.39, 0.29) is 5.75 Å². The van der Waals surface area contributed by atoms with Crippen LogP contribution in [0.25, 0.3) is 0 Å². The van der Waals surface area contributed by atoms with Gasteiger partial charge in [0.15, 0.2) is 0 Å². The van der Waals surface area contributed by atoms with Gasteiger partial charge in [0.2, 0.25) is 0 Å². The van der Waals surface area contributed by atoms with Crippen LogP contribution in [0.2, 0.25) is 0 Å². The molecule has 0 aromatic heterocycles. The van der Waals surface area contributed by atoms with Crippen molar-refractivity contribution in [1.29, 1.82) is 0 Å². The summed E-state index contributed by atoms with van der Waals surface area (Å²) >= 11 is 0. The number of hydrogen-bond donors (Lipinski definition) is 2. The van der Waals surface area contributed by atoms with Crippen molar-refractivity contribution in [2.24, 2.45) is 21.2 Å². The van der Waals surface area contributed by atoms with Gasteiger partial charge in [-0.05, 0) is 30.8 Å². The van der Waals surface area contributed by atoms with Crippen molar-refractivity contribution < 1.29 is 9.90 Å². The molecule has 30 heavy (non-hydrogen) atoms. The number of nitrogens with two attached hydrogens (primary N) is 1. The molecule has 0 aliphatic carbocycles. The van der Waals surface area contributed by atoms with E-state index in [2.05, 4.69) is 27.4 Å². The zero-order chi connectivity index (χ0) is 21.1. The average Bonchev–Trinajstić information content (AvgIpc) is 3.20. The second kappa shape index (κ2) is 8.50. The number of aromatic hydroxyl groups is 1. The molecule has 1 atom stereocenters. The van der Waals surface area contributed by atoms with Gasteiger partial charge < -0.3 is 15.7 Å². The largest absolute Gasteiger partial charge is 0.508 e. The highest BCUT2D eigenvalue weighted by Crippen LogP contribution is 2.36. The Labute approximate surface area is 175 Å². The van der Waals surface area contributed by atoms with Crippen molar-refractivity contribution in [2.45, 2.75) is 12.5 Å². The molecule has 0 radical (unpaired) electrons. The van der Waals surface area contributed by atoms with Gasteiger partial charge in [0.1, 0.15) is 5.75 Å². The standard InChI is InChI=1S/C21H25N7O2/c1-26-10-12-27(13-11-26)25-23-16-8-6-15(7-9-16)18-14-19(28(24-18)21(22)30)17-4-2-3-5-20(17)29/h2-9,19,29H,10-14H2,1H3,(H2,22,30). The first-order chi connectivity index (χ1) is 14.5. The van der Waals surface area contributed by atoms with E-state index in [1.54, 1.807) is 18.2 Å². The molecule has 0 saturated carbocycles. The first-order valence-corrected chi connectivity index (χ1v) is 9.91. The molecule has 2 amide bonds. The Morgan fingerprint density at radius 3 is 2.47 bits per heavy atom. The van der Waals surface area contributed by atoms with E-state index < -0.39 is 12.1 Å². The predicted molar refractivity (Wildman–Crippen MR) is 113 cm³/mol. The third kappa shape index (κ3) is 4.25. The number of benzene rings is 2. The Hall–Kier alpha value is -3.46. The first kappa shape index (κ1) is 19.8. The summed E-state index contributed by atoms with van der Waals surface area (Å²) in [6.07, 6.45) is 0.461. The number of nitrogens with zero attached hydrogens (tertiary/aromatic N) is 6. The average molecular weight is 407 g/mol. The van der Waals surface area contributed by atoms with Gasteiger partial charge in [-0.3, -0.25) is 5.01 Å². The fraction of sp³-hybridized carbons (Fsp3) is 0.333. The van der Waals surface area contributed by atoms with E-state index in [1.165, 1.54) is 5.01 Å². The van der Waals surface area contributed by atoms with Crippen molar-refractivity contribution in [3.63, 3.8) is 0 Å². The van der Waals surface area contributed by atoms with Gasteiger partial charge in [-0.25, -0.2) is 9.80 Å². The SMILES string of the molecule is CN1CCN(N=Nc2ccc(C3=NN(C(N)=O)C(c4ccccc4O)C3)cc2)CC1. The van der Waals surface area contributed by atoms with E-state index in [1.807, 2.05) is 35.3 Å². The van der Waals surface area contributed by atoms with Crippen LogP contribution in [0.5, 0.6) is 5.75 Å². The summed E-state index contributed by atoms with van der Waals surface area (Å²) in [5.74, 6) is 0.116. The lowest BCUT2D eigenvalue weighted by Gasteiger charge is -2.29. The highest BCUT2D eigenvalue weighted by molar-refractivity contribution is 6.03. The van der Waals surface area contributed by atoms with Gasteiger partial charge in [0.05, 0.1) is 30.5 Å². The summed E-state index contributed by atoms with van der Waals surface area (Å²) < 4.78 is 0. The third-order valence-electron chi connectivity index (χ3n) is 5.40. The lowest BCUT2D eigenvalue weighted by atomic mass is 9.98. The van der Waals surface area contributed by atoms with Gasteiger partial charge in [0, 0.05) is 25.1 Å². The molecule has 1 fully saturated rings. The van der Waals surface area contributed by atoms with Crippen molar-refractivity contribution in [3.8, 4) is 5.75 Å². The molecule has 9 heteroatoms. The van der Waals surface area contributed by atoms with Crippen LogP contribution in [0.15, 0.2) is 64.0 Å². The van der Waals surface area contributed by atoms with Gasteiger partial charge in [-0.15, -0.1) is 5.11 Å². The Bertz CT molecular complexity index is 966. The van der Waals surface area contributed by atoms with E-state index in [4.69, 9.17) is 5.73 Å². The molecule has 2 heterocycles. The number of hydrazone groups is 1. The first-order valence-electron chi connectivity index (χ1n) is 9.91. The van der Waals surface area contributed by atoms with E-state index in [0.717, 1.165) is 43.1 Å². The summed E-state index contributed by atoms with van der Waals surface area (Å²) in [4.78, 5) is 14.2. The van der Waals surface area contributed by atoms with E-state index in [9.17, 15) is 9.90 Å².